The van der Waals surface area contributed by atoms with E-state index in [1.807, 2.05) is 0 Å². The van der Waals surface area contributed by atoms with Crippen molar-refractivity contribution in [2.75, 3.05) is 33.0 Å². The SMILES string of the molecule is CCCCCCCC/C=C\CCCCCCCCCCCC(=O)OC(COCCCCCCCCCC/C=C\CCCCCCCCC)COP(=O)(O)OCCN. The number of phosphoric acid groups is 1. The Hall–Kier alpha value is -1.02. The van der Waals surface area contributed by atoms with E-state index in [2.05, 4.69) is 38.2 Å². The van der Waals surface area contributed by atoms with Gasteiger partial charge in [-0.2, -0.15) is 0 Å². The van der Waals surface area contributed by atoms with Gasteiger partial charge in [0.2, 0.25) is 0 Å². The largest absolute Gasteiger partial charge is 0.472 e. The van der Waals surface area contributed by atoms with E-state index in [1.165, 1.54) is 186 Å². The quantitative estimate of drug-likeness (QED) is 0.0270. The van der Waals surface area contributed by atoms with Crippen LogP contribution in [0.15, 0.2) is 24.3 Å². The summed E-state index contributed by atoms with van der Waals surface area (Å²) in [4.78, 5) is 22.5. The van der Waals surface area contributed by atoms with Gasteiger partial charge in [-0.3, -0.25) is 13.8 Å². The molecular formula is C48H94NO7P. The molecule has 0 radical (unpaired) electrons. The summed E-state index contributed by atoms with van der Waals surface area (Å²) in [6, 6.07) is 0. The van der Waals surface area contributed by atoms with Crippen LogP contribution in [-0.4, -0.2) is 49.9 Å². The highest BCUT2D eigenvalue weighted by Gasteiger charge is 2.25. The first-order valence-electron chi connectivity index (χ1n) is 24.3. The number of esters is 1. The minimum absolute atomic E-state index is 0.0948. The highest BCUT2D eigenvalue weighted by molar-refractivity contribution is 7.47. The first-order chi connectivity index (χ1) is 27.9. The molecule has 0 spiro atoms. The molecule has 0 aromatic carbocycles. The fraction of sp³-hybridized carbons (Fsp3) is 0.896. The van der Waals surface area contributed by atoms with Gasteiger partial charge in [0.1, 0.15) is 6.10 Å². The molecule has 0 saturated heterocycles. The van der Waals surface area contributed by atoms with Crippen LogP contribution in [0.25, 0.3) is 0 Å². The number of carbonyl (C=O) groups is 1. The summed E-state index contributed by atoms with van der Waals surface area (Å²) in [7, 11) is -4.28. The van der Waals surface area contributed by atoms with E-state index >= 15 is 0 Å². The molecule has 0 aliphatic heterocycles. The molecule has 338 valence electrons. The molecule has 0 heterocycles. The molecule has 57 heavy (non-hydrogen) atoms. The number of hydrogen-bond donors (Lipinski definition) is 2. The summed E-state index contributed by atoms with van der Waals surface area (Å²) in [5, 5.41) is 0. The Labute approximate surface area is 353 Å². The van der Waals surface area contributed by atoms with Gasteiger partial charge in [-0.1, -0.05) is 192 Å². The molecule has 0 amide bonds. The number of phosphoric ester groups is 1. The van der Waals surface area contributed by atoms with Crippen LogP contribution < -0.4 is 5.73 Å². The lowest BCUT2D eigenvalue weighted by Gasteiger charge is -2.20. The van der Waals surface area contributed by atoms with Crippen molar-refractivity contribution in [1.82, 2.24) is 0 Å². The summed E-state index contributed by atoms with van der Waals surface area (Å²) < 4.78 is 33.5. The molecule has 0 aliphatic rings. The number of allylic oxidation sites excluding steroid dienone is 4. The van der Waals surface area contributed by atoms with Crippen molar-refractivity contribution in [1.29, 1.82) is 0 Å². The predicted molar refractivity (Wildman–Crippen MR) is 243 cm³/mol. The zero-order chi connectivity index (χ0) is 41.6. The van der Waals surface area contributed by atoms with Gasteiger partial charge in [-0.25, -0.2) is 4.57 Å². The van der Waals surface area contributed by atoms with Crippen LogP contribution >= 0.6 is 7.82 Å². The average Bonchev–Trinajstić information content (AvgIpc) is 3.20. The lowest BCUT2D eigenvalue weighted by Crippen LogP contribution is -2.28. The molecule has 0 rings (SSSR count). The van der Waals surface area contributed by atoms with Crippen LogP contribution in [0, 0.1) is 0 Å². The summed E-state index contributed by atoms with van der Waals surface area (Å²) in [6.45, 7) is 4.95. The maximum atomic E-state index is 12.6. The third-order valence-corrected chi connectivity index (χ3v) is 11.6. The fourth-order valence-corrected chi connectivity index (χ4v) is 7.75. The Morgan fingerprint density at radius 1 is 0.509 bits per heavy atom. The van der Waals surface area contributed by atoms with Gasteiger partial charge in [-0.05, 0) is 64.2 Å². The van der Waals surface area contributed by atoms with Crippen molar-refractivity contribution in [3.05, 3.63) is 24.3 Å². The van der Waals surface area contributed by atoms with Gasteiger partial charge in [0, 0.05) is 19.6 Å². The van der Waals surface area contributed by atoms with Gasteiger partial charge in [0.15, 0.2) is 0 Å². The fourth-order valence-electron chi connectivity index (χ4n) is 6.99. The van der Waals surface area contributed by atoms with Crippen LogP contribution in [0.1, 0.15) is 239 Å². The lowest BCUT2D eigenvalue weighted by molar-refractivity contribution is -0.154. The van der Waals surface area contributed by atoms with Crippen molar-refractivity contribution < 1.29 is 32.8 Å². The van der Waals surface area contributed by atoms with Crippen molar-refractivity contribution in [3.63, 3.8) is 0 Å². The predicted octanol–water partition coefficient (Wildman–Crippen LogP) is 14.8. The monoisotopic (exact) mass is 828 g/mol. The Bertz CT molecular complexity index is 930. The molecule has 0 aliphatic carbocycles. The number of ether oxygens (including phenoxy) is 2. The van der Waals surface area contributed by atoms with Gasteiger partial charge >= 0.3 is 13.8 Å². The van der Waals surface area contributed by atoms with Gasteiger partial charge in [0.25, 0.3) is 0 Å². The van der Waals surface area contributed by atoms with Crippen LogP contribution in [0.2, 0.25) is 0 Å². The minimum atomic E-state index is -4.28. The van der Waals surface area contributed by atoms with E-state index in [-0.39, 0.29) is 32.3 Å². The van der Waals surface area contributed by atoms with E-state index < -0.39 is 13.9 Å². The highest BCUT2D eigenvalue weighted by atomic mass is 31.2. The Balaban J connectivity index is 3.96. The first kappa shape index (κ1) is 56.0. The molecule has 0 aromatic heterocycles. The Morgan fingerprint density at radius 3 is 1.28 bits per heavy atom. The van der Waals surface area contributed by atoms with Gasteiger partial charge in [0.05, 0.1) is 19.8 Å². The summed E-state index contributed by atoms with van der Waals surface area (Å²) in [5.41, 5.74) is 5.38. The van der Waals surface area contributed by atoms with E-state index in [0.717, 1.165) is 32.1 Å². The third-order valence-electron chi connectivity index (χ3n) is 10.6. The van der Waals surface area contributed by atoms with E-state index in [4.69, 9.17) is 24.3 Å². The summed E-state index contributed by atoms with van der Waals surface area (Å²) in [6.07, 6.45) is 52.0. The molecule has 2 unspecified atom stereocenters. The lowest BCUT2D eigenvalue weighted by atomic mass is 10.1. The minimum Gasteiger partial charge on any atom is -0.457 e. The second-order valence-electron chi connectivity index (χ2n) is 16.3. The Kier molecular flexibility index (Phi) is 45.2. The average molecular weight is 828 g/mol. The smallest absolute Gasteiger partial charge is 0.457 e. The summed E-state index contributed by atoms with van der Waals surface area (Å²) >= 11 is 0. The molecular weight excluding hydrogens is 734 g/mol. The van der Waals surface area contributed by atoms with Crippen molar-refractivity contribution in [3.8, 4) is 0 Å². The van der Waals surface area contributed by atoms with Crippen LogP contribution in [0.5, 0.6) is 0 Å². The molecule has 9 heteroatoms. The number of nitrogens with two attached hydrogens (primary N) is 1. The highest BCUT2D eigenvalue weighted by Crippen LogP contribution is 2.43. The second kappa shape index (κ2) is 46.1. The van der Waals surface area contributed by atoms with Crippen LogP contribution in [0.3, 0.4) is 0 Å². The normalized spacial score (nSPS) is 13.5. The van der Waals surface area contributed by atoms with Gasteiger partial charge in [-0.15, -0.1) is 0 Å². The van der Waals surface area contributed by atoms with E-state index in [9.17, 15) is 14.3 Å². The third kappa shape index (κ3) is 45.9. The topological polar surface area (TPSA) is 117 Å². The molecule has 0 fully saturated rings. The molecule has 0 saturated carbocycles. The molecule has 0 bridgehead atoms. The molecule has 2 atom stereocenters. The maximum absolute atomic E-state index is 12.6. The van der Waals surface area contributed by atoms with Gasteiger partial charge < -0.3 is 20.1 Å². The van der Waals surface area contributed by atoms with Crippen molar-refractivity contribution >= 4 is 13.8 Å². The number of carbonyl (C=O) groups excluding carboxylic acids is 1. The molecule has 0 aromatic rings. The maximum Gasteiger partial charge on any atom is 0.472 e. The van der Waals surface area contributed by atoms with Crippen molar-refractivity contribution in [2.45, 2.75) is 245 Å². The van der Waals surface area contributed by atoms with E-state index in [1.54, 1.807) is 0 Å². The van der Waals surface area contributed by atoms with Crippen molar-refractivity contribution in [2.24, 2.45) is 5.73 Å². The van der Waals surface area contributed by atoms with Crippen LogP contribution in [0.4, 0.5) is 0 Å². The molecule has 3 N–H and O–H groups in total. The number of hydrogen-bond acceptors (Lipinski definition) is 7. The zero-order valence-corrected chi connectivity index (χ0v) is 38.5. The second-order valence-corrected chi connectivity index (χ2v) is 17.8. The Morgan fingerprint density at radius 2 is 0.877 bits per heavy atom. The summed E-state index contributed by atoms with van der Waals surface area (Å²) in [5.74, 6) is -0.330. The molecule has 8 nitrogen and oxygen atoms in total. The first-order valence-corrected chi connectivity index (χ1v) is 25.8. The number of rotatable bonds is 47. The standard InChI is InChI=1S/C48H94NO7P/c1-3-5-7-9-11-13-15-17-19-21-23-25-27-29-31-33-35-37-39-41-48(50)56-47(46-55-57(51,52)54-44-42-49)45-53-43-40-38-36-34-32-30-28-26-24-22-20-18-16-14-12-10-8-6-4-2/h17,19-20,22,47H,3-16,18,21,23-46,49H2,1-2H3,(H,51,52)/b19-17-,22-20-. The van der Waals surface area contributed by atoms with Crippen LogP contribution in [-0.2, 0) is 27.9 Å². The zero-order valence-electron chi connectivity index (χ0n) is 37.6. The van der Waals surface area contributed by atoms with E-state index in [0.29, 0.717) is 13.0 Å². The number of unbranched alkanes of at least 4 members (excludes halogenated alkanes) is 30.